The van der Waals surface area contributed by atoms with Gasteiger partial charge in [-0.15, -0.1) is 0 Å². The van der Waals surface area contributed by atoms with Gasteiger partial charge in [0.2, 0.25) is 0 Å². The van der Waals surface area contributed by atoms with Crippen LogP contribution >= 0.6 is 0 Å². The minimum atomic E-state index is -1.26. The second kappa shape index (κ2) is 11.9. The Morgan fingerprint density at radius 2 is 1.14 bits per heavy atom. The maximum Gasteiger partial charge on any atom is 0.328 e. The normalized spacial score (nSPS) is 7.71. The van der Waals surface area contributed by atoms with E-state index in [1.807, 2.05) is 0 Å². The molecule has 0 amide bonds. The predicted molar refractivity (Wildman–Crippen MR) is 50.1 cm³/mol. The number of carboxylic acid groups (broad SMARTS) is 3. The fraction of sp³-hybridized carbons (Fsp3) is 0. The molecule has 14 heavy (non-hydrogen) atoms. The molecule has 0 atom stereocenters. The van der Waals surface area contributed by atoms with E-state index in [1.54, 1.807) is 0 Å². The van der Waals surface area contributed by atoms with Crippen molar-refractivity contribution in [2.24, 2.45) is 0 Å². The van der Waals surface area contributed by atoms with Crippen LogP contribution in [0.1, 0.15) is 1.43 Å². The molecule has 0 aromatic rings. The van der Waals surface area contributed by atoms with Crippen molar-refractivity contribution in [3.05, 3.63) is 24.8 Å². The molecule has 7 heteroatoms. The number of carbonyl (C=O) groups is 3. The van der Waals surface area contributed by atoms with Crippen molar-refractivity contribution in [1.29, 1.82) is 0 Å². The molecule has 1 radical (unpaired) electrons. The van der Waals surface area contributed by atoms with E-state index < -0.39 is 17.9 Å². The van der Waals surface area contributed by atoms with Crippen LogP contribution in [0.25, 0.3) is 0 Å². The molecular formula is C7H10NaO6. The van der Waals surface area contributed by atoms with E-state index in [-0.39, 0.29) is 31.0 Å². The Hall–Kier alpha value is -1.11. The largest absolute Gasteiger partial charge is 0.478 e. The maximum atomic E-state index is 9.55. The third kappa shape index (κ3) is 30.7. The first-order valence-corrected chi connectivity index (χ1v) is 2.89. The Kier molecular flexibility index (Phi) is 15.8. The minimum absolute atomic E-state index is 0. The number of hydrogen-bond donors (Lipinski definition) is 3. The predicted octanol–water partition coefficient (Wildman–Crippen LogP) is -0.166. The van der Waals surface area contributed by atoms with Crippen molar-refractivity contribution in [3.8, 4) is 0 Å². The van der Waals surface area contributed by atoms with Crippen molar-refractivity contribution in [1.82, 2.24) is 0 Å². The van der Waals surface area contributed by atoms with Crippen molar-refractivity contribution in [2.75, 3.05) is 0 Å². The zero-order valence-electron chi connectivity index (χ0n) is 7.51. The molecule has 6 nitrogen and oxygen atoms in total. The van der Waals surface area contributed by atoms with Crippen molar-refractivity contribution >= 4 is 47.5 Å². The Bertz CT molecular complexity index is 234. The summed E-state index contributed by atoms with van der Waals surface area (Å²) in [5, 5.41) is 23.2. The van der Waals surface area contributed by atoms with E-state index in [2.05, 4.69) is 6.58 Å². The van der Waals surface area contributed by atoms with E-state index in [9.17, 15) is 14.4 Å². The molecule has 0 aromatic heterocycles. The fourth-order valence-corrected chi connectivity index (χ4v) is 0.143. The molecule has 0 spiro atoms. The molecule has 0 unspecified atom stereocenters. The van der Waals surface area contributed by atoms with Crippen LogP contribution < -0.4 is 0 Å². The van der Waals surface area contributed by atoms with Crippen LogP contribution in [-0.4, -0.2) is 62.8 Å². The Morgan fingerprint density at radius 1 is 0.929 bits per heavy atom. The van der Waals surface area contributed by atoms with E-state index >= 15 is 0 Å². The molecule has 0 aliphatic carbocycles. The van der Waals surface area contributed by atoms with Gasteiger partial charge >= 0.3 is 17.9 Å². The standard InChI is InChI=1S/C4H4O4.C3H4O2.Na.H2/c5-3(6)1-2-4(7)8;1-2-3(4)5;;/h1-2H,(H,5,6)(H,7,8);2H,1H2,(H,4,5);;1H/b2-1-;;;. The molecule has 0 saturated carbocycles. The molecule has 0 aromatic carbocycles. The molecule has 0 aliphatic rings. The van der Waals surface area contributed by atoms with Gasteiger partial charge in [0.1, 0.15) is 0 Å². The van der Waals surface area contributed by atoms with Crippen LogP contribution in [0.3, 0.4) is 0 Å². The van der Waals surface area contributed by atoms with Crippen LogP contribution in [0.5, 0.6) is 0 Å². The van der Waals surface area contributed by atoms with Crippen LogP contribution in [-0.2, 0) is 14.4 Å². The van der Waals surface area contributed by atoms with E-state index in [4.69, 9.17) is 15.3 Å². The zero-order chi connectivity index (χ0) is 10.9. The van der Waals surface area contributed by atoms with Gasteiger partial charge in [-0.05, 0) is 0 Å². The van der Waals surface area contributed by atoms with Gasteiger partial charge in [-0.3, -0.25) is 0 Å². The topological polar surface area (TPSA) is 112 Å². The van der Waals surface area contributed by atoms with Gasteiger partial charge in [-0.2, -0.15) is 0 Å². The van der Waals surface area contributed by atoms with Gasteiger partial charge < -0.3 is 15.3 Å². The summed E-state index contributed by atoms with van der Waals surface area (Å²) in [5.41, 5.74) is 0. The van der Waals surface area contributed by atoms with Gasteiger partial charge in [0.05, 0.1) is 0 Å². The van der Waals surface area contributed by atoms with E-state index in [0.717, 1.165) is 6.08 Å². The van der Waals surface area contributed by atoms with Crippen molar-refractivity contribution in [2.45, 2.75) is 0 Å². The van der Waals surface area contributed by atoms with Crippen LogP contribution in [0.15, 0.2) is 24.8 Å². The van der Waals surface area contributed by atoms with Gasteiger partial charge in [-0.1, -0.05) is 6.58 Å². The molecule has 0 heterocycles. The number of hydrogen-bond acceptors (Lipinski definition) is 3. The quantitative estimate of drug-likeness (QED) is 0.443. The minimum Gasteiger partial charge on any atom is -0.478 e. The number of rotatable bonds is 3. The fourth-order valence-electron chi connectivity index (χ4n) is 0.143. The third-order valence-corrected chi connectivity index (χ3v) is 0.543. The van der Waals surface area contributed by atoms with Crippen LogP contribution in [0, 0.1) is 0 Å². The summed E-state index contributed by atoms with van der Waals surface area (Å²) >= 11 is 0. The first-order chi connectivity index (χ1) is 5.90. The second-order valence-corrected chi connectivity index (χ2v) is 1.55. The van der Waals surface area contributed by atoms with Gasteiger partial charge in [0, 0.05) is 49.2 Å². The monoisotopic (exact) mass is 213 g/mol. The summed E-state index contributed by atoms with van der Waals surface area (Å²) in [4.78, 5) is 28.4. The van der Waals surface area contributed by atoms with E-state index in [0.29, 0.717) is 12.2 Å². The molecule has 0 fully saturated rings. The van der Waals surface area contributed by atoms with Crippen molar-refractivity contribution < 1.29 is 31.1 Å². The maximum absolute atomic E-state index is 9.55. The average Bonchev–Trinajstić information content (AvgIpc) is 2.02. The second-order valence-electron chi connectivity index (χ2n) is 1.55. The van der Waals surface area contributed by atoms with Gasteiger partial charge in [-0.25, -0.2) is 14.4 Å². The molecule has 0 saturated heterocycles. The summed E-state index contributed by atoms with van der Waals surface area (Å²) < 4.78 is 0. The SMILES string of the molecule is C=CC(=O)O.O=C(O)/C=C\C(=O)O.[HH].[Na]. The summed E-state index contributed by atoms with van der Waals surface area (Å²) in [7, 11) is 0. The van der Waals surface area contributed by atoms with Gasteiger partial charge in [0.25, 0.3) is 0 Å². The average molecular weight is 213 g/mol. The summed E-state index contributed by atoms with van der Waals surface area (Å²) in [5.74, 6) is -3.50. The molecule has 0 bridgehead atoms. The Balaban J connectivity index is -0.0000000770. The Labute approximate surface area is 103 Å². The molecule has 0 aliphatic heterocycles. The first kappa shape index (κ1) is 18.6. The van der Waals surface area contributed by atoms with Crippen LogP contribution in [0.4, 0.5) is 0 Å². The van der Waals surface area contributed by atoms with Gasteiger partial charge in [0.15, 0.2) is 0 Å². The molecule has 3 N–H and O–H groups in total. The first-order valence-electron chi connectivity index (χ1n) is 2.89. The van der Waals surface area contributed by atoms with Crippen molar-refractivity contribution in [3.63, 3.8) is 0 Å². The summed E-state index contributed by atoms with van der Waals surface area (Å²) in [6.07, 6.45) is 1.95. The summed E-state index contributed by atoms with van der Waals surface area (Å²) in [6, 6.07) is 0. The molecule has 0 rings (SSSR count). The molecule has 75 valence electrons. The van der Waals surface area contributed by atoms with E-state index in [1.165, 1.54) is 0 Å². The van der Waals surface area contributed by atoms with Crippen LogP contribution in [0.2, 0.25) is 0 Å². The number of aliphatic carboxylic acids is 3. The zero-order valence-corrected chi connectivity index (χ0v) is 9.51. The summed E-state index contributed by atoms with van der Waals surface area (Å²) in [6.45, 7) is 2.96. The molecular weight excluding hydrogens is 203 g/mol. The smallest absolute Gasteiger partial charge is 0.328 e. The third-order valence-electron chi connectivity index (χ3n) is 0.543. The number of carboxylic acids is 3. The Morgan fingerprint density at radius 3 is 1.21 bits per heavy atom.